The van der Waals surface area contributed by atoms with E-state index in [1.165, 1.54) is 22.5 Å². The molecule has 2 aromatic rings. The lowest BCUT2D eigenvalue weighted by atomic mass is 9.99. The van der Waals surface area contributed by atoms with E-state index in [2.05, 4.69) is 109 Å². The normalized spacial score (nSPS) is 14.2. The maximum Gasteiger partial charge on any atom is 0.261 e. The fraction of sp³-hybridized carbons (Fsp3) is 0.581. The molecule has 0 heterocycles. The van der Waals surface area contributed by atoms with Crippen LogP contribution in [0.3, 0.4) is 0 Å². The fourth-order valence-corrected chi connectivity index (χ4v) is 12.9. The number of carbonyl (C=O) groups is 1. The molecule has 212 valence electrons. The third-order valence-corrected chi connectivity index (χ3v) is 18.0. The molecule has 0 N–H and O–H groups in total. The minimum atomic E-state index is -2.69. The molecule has 0 aliphatic rings. The van der Waals surface area contributed by atoms with Gasteiger partial charge in [-0.1, -0.05) is 109 Å². The van der Waals surface area contributed by atoms with Gasteiger partial charge in [0.25, 0.3) is 8.32 Å². The third-order valence-electron chi connectivity index (χ3n) is 8.29. The fourth-order valence-electron chi connectivity index (χ4n) is 5.40. The van der Waals surface area contributed by atoms with Gasteiger partial charge in [0, 0.05) is 13.5 Å². The zero-order valence-electron chi connectivity index (χ0n) is 25.3. The summed E-state index contributed by atoms with van der Waals surface area (Å²) in [5.74, 6) is 0.148. The van der Waals surface area contributed by atoms with Gasteiger partial charge in [-0.15, -0.1) is 0 Å². The molecular formula is C31H51NO4Si2. The SMILES string of the molecule is CC[Si](CC)(CC)O[C@@H](CO[Si](c1ccccc1)(c1ccccc1)C(C)(C)C)[C@@H](C)CCC(=O)N(C)OC. The molecule has 0 saturated carbocycles. The quantitative estimate of drug-likeness (QED) is 0.188. The second-order valence-corrected chi connectivity index (χ2v) is 20.5. The molecule has 0 saturated heterocycles. The third kappa shape index (κ3) is 7.66. The van der Waals surface area contributed by atoms with Crippen molar-refractivity contribution in [3.8, 4) is 0 Å². The molecule has 0 unspecified atom stereocenters. The van der Waals surface area contributed by atoms with Gasteiger partial charge in [0.15, 0.2) is 8.32 Å². The van der Waals surface area contributed by atoms with Crippen molar-refractivity contribution in [3.05, 3.63) is 60.7 Å². The maximum absolute atomic E-state index is 12.5. The van der Waals surface area contributed by atoms with Crippen LogP contribution in [0, 0.1) is 5.92 Å². The van der Waals surface area contributed by atoms with Crippen LogP contribution in [-0.2, 0) is 18.5 Å². The molecule has 0 aromatic heterocycles. The van der Waals surface area contributed by atoms with Crippen LogP contribution in [0.1, 0.15) is 61.3 Å². The van der Waals surface area contributed by atoms with Crippen molar-refractivity contribution < 1.29 is 18.5 Å². The zero-order chi connectivity index (χ0) is 28.4. The average molecular weight is 558 g/mol. The summed E-state index contributed by atoms with van der Waals surface area (Å²) in [6.45, 7) is 16.4. The summed E-state index contributed by atoms with van der Waals surface area (Å²) >= 11 is 0. The van der Waals surface area contributed by atoms with Crippen molar-refractivity contribution in [1.29, 1.82) is 0 Å². The van der Waals surface area contributed by atoms with Gasteiger partial charge in [-0.25, -0.2) is 5.06 Å². The van der Waals surface area contributed by atoms with Crippen LogP contribution in [0.15, 0.2) is 60.7 Å². The Morgan fingerprint density at radius 1 is 0.895 bits per heavy atom. The Morgan fingerprint density at radius 2 is 1.37 bits per heavy atom. The topological polar surface area (TPSA) is 48.0 Å². The number of hydrogen-bond acceptors (Lipinski definition) is 4. The molecule has 0 spiro atoms. The molecule has 0 aliphatic carbocycles. The van der Waals surface area contributed by atoms with E-state index in [0.29, 0.717) is 13.0 Å². The Morgan fingerprint density at radius 3 is 1.76 bits per heavy atom. The van der Waals surface area contributed by atoms with Gasteiger partial charge < -0.3 is 8.85 Å². The summed E-state index contributed by atoms with van der Waals surface area (Å²) in [5.41, 5.74) is 0. The van der Waals surface area contributed by atoms with Crippen LogP contribution in [0.25, 0.3) is 0 Å². The minimum Gasteiger partial charge on any atom is -0.411 e. The summed E-state index contributed by atoms with van der Waals surface area (Å²) in [4.78, 5) is 17.6. The second kappa shape index (κ2) is 14.6. The molecule has 2 aromatic carbocycles. The summed E-state index contributed by atoms with van der Waals surface area (Å²) in [7, 11) is -1.42. The largest absolute Gasteiger partial charge is 0.411 e. The van der Waals surface area contributed by atoms with E-state index in [9.17, 15) is 4.79 Å². The van der Waals surface area contributed by atoms with Gasteiger partial charge in [-0.3, -0.25) is 9.63 Å². The van der Waals surface area contributed by atoms with Crippen LogP contribution in [-0.4, -0.2) is 54.5 Å². The Hall–Kier alpha value is -1.78. The van der Waals surface area contributed by atoms with E-state index < -0.39 is 16.6 Å². The molecule has 2 rings (SSSR count). The van der Waals surface area contributed by atoms with Gasteiger partial charge in [-0.05, 0) is 45.9 Å². The highest BCUT2D eigenvalue weighted by Gasteiger charge is 2.50. The summed E-state index contributed by atoms with van der Waals surface area (Å²) in [6.07, 6.45) is 1.07. The lowest BCUT2D eigenvalue weighted by Gasteiger charge is -2.45. The average Bonchev–Trinajstić information content (AvgIpc) is 2.93. The van der Waals surface area contributed by atoms with E-state index in [1.807, 2.05) is 0 Å². The number of rotatable bonds is 15. The first-order valence-corrected chi connectivity index (χ1v) is 18.7. The molecule has 0 fully saturated rings. The molecule has 7 heteroatoms. The lowest BCUT2D eigenvalue weighted by Crippen LogP contribution is -2.67. The Bertz CT molecular complexity index is 913. The van der Waals surface area contributed by atoms with Crippen molar-refractivity contribution in [2.24, 2.45) is 5.92 Å². The predicted molar refractivity (Wildman–Crippen MR) is 164 cm³/mol. The molecule has 38 heavy (non-hydrogen) atoms. The smallest absolute Gasteiger partial charge is 0.261 e. The maximum atomic E-state index is 12.5. The van der Waals surface area contributed by atoms with Crippen LogP contribution >= 0.6 is 0 Å². The summed E-state index contributed by atoms with van der Waals surface area (Å²) < 4.78 is 14.4. The van der Waals surface area contributed by atoms with Gasteiger partial charge in [0.1, 0.15) is 0 Å². The van der Waals surface area contributed by atoms with Crippen molar-refractivity contribution in [3.63, 3.8) is 0 Å². The van der Waals surface area contributed by atoms with Crippen LogP contribution in [0.2, 0.25) is 23.2 Å². The standard InChI is InChI=1S/C31H51NO4Si2/c1-10-37(11-2,12-3)36-29(26(4)23-24-30(33)32(8)34-9)25-35-38(31(5,6)7,27-19-15-13-16-20-27)28-21-17-14-18-22-28/h13-22,26,29H,10-12,23-25H2,1-9H3/t26-,29-/m0/s1. The Kier molecular flexibility index (Phi) is 12.4. The van der Waals surface area contributed by atoms with Gasteiger partial charge in [-0.2, -0.15) is 0 Å². The van der Waals surface area contributed by atoms with Crippen molar-refractivity contribution >= 4 is 32.9 Å². The van der Waals surface area contributed by atoms with E-state index in [1.54, 1.807) is 7.05 Å². The molecule has 0 bridgehead atoms. The van der Waals surface area contributed by atoms with Crippen LogP contribution < -0.4 is 10.4 Å². The van der Waals surface area contributed by atoms with Gasteiger partial charge in [0.2, 0.25) is 5.91 Å². The van der Waals surface area contributed by atoms with Crippen molar-refractivity contribution in [1.82, 2.24) is 5.06 Å². The van der Waals surface area contributed by atoms with Crippen molar-refractivity contribution in [2.75, 3.05) is 20.8 Å². The Balaban J connectivity index is 2.50. The predicted octanol–water partition coefficient (Wildman–Crippen LogP) is 6.39. The number of nitrogens with zero attached hydrogens (tertiary/aromatic N) is 1. The van der Waals surface area contributed by atoms with E-state index in [0.717, 1.165) is 24.6 Å². The molecule has 0 aliphatic heterocycles. The highest BCUT2D eigenvalue weighted by Crippen LogP contribution is 2.38. The number of hydroxylamine groups is 2. The first-order chi connectivity index (χ1) is 18.0. The number of benzene rings is 2. The van der Waals surface area contributed by atoms with Gasteiger partial charge >= 0.3 is 0 Å². The lowest BCUT2D eigenvalue weighted by molar-refractivity contribution is -0.169. The van der Waals surface area contributed by atoms with Crippen molar-refractivity contribution in [2.45, 2.75) is 90.6 Å². The molecule has 2 atom stereocenters. The highest BCUT2D eigenvalue weighted by molar-refractivity contribution is 6.99. The highest BCUT2D eigenvalue weighted by atomic mass is 28.4. The summed E-state index contributed by atoms with van der Waals surface area (Å²) in [5, 5.41) is 3.75. The van der Waals surface area contributed by atoms with Gasteiger partial charge in [0.05, 0.1) is 19.8 Å². The minimum absolute atomic E-state index is 0.0176. The summed E-state index contributed by atoms with van der Waals surface area (Å²) in [6, 6.07) is 24.8. The molecule has 0 radical (unpaired) electrons. The van der Waals surface area contributed by atoms with E-state index >= 15 is 0 Å². The monoisotopic (exact) mass is 557 g/mol. The molecule has 1 amide bonds. The first-order valence-electron chi connectivity index (χ1n) is 14.2. The number of hydrogen-bond donors (Lipinski definition) is 0. The van der Waals surface area contributed by atoms with E-state index in [4.69, 9.17) is 13.7 Å². The van der Waals surface area contributed by atoms with E-state index in [-0.39, 0.29) is 23.0 Å². The number of carbonyl (C=O) groups excluding carboxylic acids is 1. The zero-order valence-corrected chi connectivity index (χ0v) is 27.3. The number of amides is 1. The molecular weight excluding hydrogens is 507 g/mol. The van der Waals surface area contributed by atoms with Crippen LogP contribution in [0.4, 0.5) is 0 Å². The second-order valence-electron chi connectivity index (χ2n) is 11.5. The molecule has 5 nitrogen and oxygen atoms in total. The van der Waals surface area contributed by atoms with Crippen LogP contribution in [0.5, 0.6) is 0 Å². The first kappa shape index (κ1) is 32.4. The Labute approximate surface area is 234 Å².